The van der Waals surface area contributed by atoms with Gasteiger partial charge in [-0.1, -0.05) is 23.2 Å². The molecule has 0 spiro atoms. The van der Waals surface area contributed by atoms with Gasteiger partial charge in [0.2, 0.25) is 0 Å². The quantitative estimate of drug-likeness (QED) is 0.897. The third kappa shape index (κ3) is 3.84. The smallest absolute Gasteiger partial charge is 0.251 e. The predicted molar refractivity (Wildman–Crippen MR) is 87.2 cm³/mol. The lowest BCUT2D eigenvalue weighted by atomic mass is 10.1. The average molecular weight is 340 g/mol. The Hall–Kier alpha value is -1.91. The maximum absolute atomic E-state index is 12.1. The van der Waals surface area contributed by atoms with Crippen LogP contribution in [0.2, 0.25) is 10.0 Å². The van der Waals surface area contributed by atoms with E-state index < -0.39 is 0 Å². The van der Waals surface area contributed by atoms with Crippen LogP contribution in [0.1, 0.15) is 15.9 Å². The molecule has 4 nitrogen and oxygen atoms in total. The first-order valence-corrected chi connectivity index (χ1v) is 7.25. The van der Waals surface area contributed by atoms with E-state index in [9.17, 15) is 4.79 Å². The highest BCUT2D eigenvalue weighted by Crippen LogP contribution is 2.25. The zero-order chi connectivity index (χ0) is 16.1. The third-order valence-electron chi connectivity index (χ3n) is 3.12. The molecular weight excluding hydrogens is 325 g/mol. The summed E-state index contributed by atoms with van der Waals surface area (Å²) in [6.45, 7) is 0.326. The number of halogens is 2. The summed E-state index contributed by atoms with van der Waals surface area (Å²) in [6, 6.07) is 10.2. The molecule has 0 aliphatic rings. The minimum absolute atomic E-state index is 0.239. The van der Waals surface area contributed by atoms with Crippen LogP contribution in [0.4, 0.5) is 0 Å². The molecule has 0 aliphatic heterocycles. The van der Waals surface area contributed by atoms with Crippen molar-refractivity contribution in [1.82, 2.24) is 5.32 Å². The van der Waals surface area contributed by atoms with Crippen LogP contribution in [0.5, 0.6) is 11.5 Å². The van der Waals surface area contributed by atoms with Crippen LogP contribution in [0, 0.1) is 0 Å². The number of ether oxygens (including phenoxy) is 2. The van der Waals surface area contributed by atoms with Crippen molar-refractivity contribution in [3.8, 4) is 11.5 Å². The van der Waals surface area contributed by atoms with Crippen LogP contribution < -0.4 is 14.8 Å². The predicted octanol–water partition coefficient (Wildman–Crippen LogP) is 3.94. The van der Waals surface area contributed by atoms with E-state index in [1.165, 1.54) is 6.07 Å². The molecule has 2 rings (SSSR count). The molecule has 22 heavy (non-hydrogen) atoms. The third-order valence-corrected chi connectivity index (χ3v) is 3.85. The van der Waals surface area contributed by atoms with Gasteiger partial charge in [0.05, 0.1) is 24.3 Å². The Balaban J connectivity index is 2.09. The molecule has 0 heterocycles. The monoisotopic (exact) mass is 339 g/mol. The van der Waals surface area contributed by atoms with Crippen LogP contribution >= 0.6 is 23.2 Å². The molecular formula is C16H15Cl2NO3. The molecule has 6 heteroatoms. The Morgan fingerprint density at radius 2 is 1.82 bits per heavy atom. The Morgan fingerprint density at radius 3 is 2.45 bits per heavy atom. The number of hydrogen-bond donors (Lipinski definition) is 1. The van der Waals surface area contributed by atoms with Gasteiger partial charge in [0.1, 0.15) is 11.5 Å². The van der Waals surface area contributed by atoms with Gasteiger partial charge in [-0.2, -0.15) is 0 Å². The molecule has 0 aromatic heterocycles. The number of benzene rings is 2. The van der Waals surface area contributed by atoms with Crippen LogP contribution in [0.3, 0.4) is 0 Å². The summed E-state index contributed by atoms with van der Waals surface area (Å²) >= 11 is 11.7. The summed E-state index contributed by atoms with van der Waals surface area (Å²) in [5.74, 6) is 1.10. The molecule has 2 aromatic rings. The van der Waals surface area contributed by atoms with E-state index in [1.807, 2.05) is 12.1 Å². The van der Waals surface area contributed by atoms with Crippen LogP contribution in [-0.2, 0) is 6.54 Å². The van der Waals surface area contributed by atoms with Gasteiger partial charge in [0.25, 0.3) is 5.91 Å². The van der Waals surface area contributed by atoms with Crippen molar-refractivity contribution in [2.45, 2.75) is 6.54 Å². The minimum Gasteiger partial charge on any atom is -0.497 e. The van der Waals surface area contributed by atoms with Gasteiger partial charge in [-0.05, 0) is 30.3 Å². The standard InChI is InChI=1S/C16H15Cl2NO3/c1-21-12-5-3-11(15(8-12)22-2)9-19-16(20)10-4-6-13(17)14(18)7-10/h3-8H,9H2,1-2H3,(H,19,20). The molecule has 0 atom stereocenters. The second-order valence-corrected chi connectivity index (χ2v) is 5.30. The number of hydrogen-bond acceptors (Lipinski definition) is 3. The van der Waals surface area contributed by atoms with Crippen molar-refractivity contribution >= 4 is 29.1 Å². The maximum atomic E-state index is 12.1. The Bertz CT molecular complexity index is 689. The van der Waals surface area contributed by atoms with E-state index in [0.717, 1.165) is 5.56 Å². The molecule has 0 radical (unpaired) electrons. The first kappa shape index (κ1) is 16.5. The zero-order valence-corrected chi connectivity index (χ0v) is 13.7. The molecule has 0 saturated carbocycles. The topological polar surface area (TPSA) is 47.6 Å². The molecule has 0 aliphatic carbocycles. The fourth-order valence-electron chi connectivity index (χ4n) is 1.91. The van der Waals surface area contributed by atoms with Gasteiger partial charge in [0.15, 0.2) is 0 Å². The molecule has 0 unspecified atom stereocenters. The van der Waals surface area contributed by atoms with E-state index in [2.05, 4.69) is 5.32 Å². The molecule has 1 N–H and O–H groups in total. The normalized spacial score (nSPS) is 10.2. The summed E-state index contributed by atoms with van der Waals surface area (Å²) in [5.41, 5.74) is 1.29. The van der Waals surface area contributed by atoms with Crippen molar-refractivity contribution in [2.24, 2.45) is 0 Å². The van der Waals surface area contributed by atoms with Crippen molar-refractivity contribution < 1.29 is 14.3 Å². The summed E-state index contributed by atoms with van der Waals surface area (Å²) in [7, 11) is 3.15. The first-order chi connectivity index (χ1) is 10.5. The second kappa shape index (κ2) is 7.38. The number of carbonyl (C=O) groups excluding carboxylic acids is 1. The number of amides is 1. The number of methoxy groups -OCH3 is 2. The number of carbonyl (C=O) groups is 1. The van der Waals surface area contributed by atoms with Crippen LogP contribution in [0.15, 0.2) is 36.4 Å². The first-order valence-electron chi connectivity index (χ1n) is 6.49. The van der Waals surface area contributed by atoms with Gasteiger partial charge in [0, 0.05) is 23.7 Å². The maximum Gasteiger partial charge on any atom is 0.251 e. The number of nitrogens with one attached hydrogen (secondary N) is 1. The van der Waals surface area contributed by atoms with Gasteiger partial charge >= 0.3 is 0 Å². The largest absolute Gasteiger partial charge is 0.497 e. The lowest BCUT2D eigenvalue weighted by Gasteiger charge is -2.11. The molecule has 0 bridgehead atoms. The van der Waals surface area contributed by atoms with E-state index in [-0.39, 0.29) is 5.91 Å². The van der Waals surface area contributed by atoms with E-state index in [4.69, 9.17) is 32.7 Å². The minimum atomic E-state index is -0.239. The molecule has 0 saturated heterocycles. The van der Waals surface area contributed by atoms with Crippen molar-refractivity contribution in [2.75, 3.05) is 14.2 Å². The number of rotatable bonds is 5. The molecule has 0 fully saturated rings. The SMILES string of the molecule is COc1ccc(CNC(=O)c2ccc(Cl)c(Cl)c2)c(OC)c1. The van der Waals surface area contributed by atoms with Gasteiger partial charge in [-0.25, -0.2) is 0 Å². The summed E-state index contributed by atoms with van der Waals surface area (Å²) in [6.07, 6.45) is 0. The van der Waals surface area contributed by atoms with Crippen molar-refractivity contribution in [3.63, 3.8) is 0 Å². The molecule has 116 valence electrons. The average Bonchev–Trinajstić information content (AvgIpc) is 2.54. The van der Waals surface area contributed by atoms with Crippen LogP contribution in [0.25, 0.3) is 0 Å². The Kier molecular flexibility index (Phi) is 5.52. The molecule has 1 amide bonds. The van der Waals surface area contributed by atoms with Crippen LogP contribution in [-0.4, -0.2) is 20.1 Å². The highest BCUT2D eigenvalue weighted by molar-refractivity contribution is 6.42. The summed E-state index contributed by atoms with van der Waals surface area (Å²) in [4.78, 5) is 12.1. The summed E-state index contributed by atoms with van der Waals surface area (Å²) in [5, 5.41) is 3.57. The zero-order valence-electron chi connectivity index (χ0n) is 12.2. The fourth-order valence-corrected chi connectivity index (χ4v) is 2.21. The highest BCUT2D eigenvalue weighted by atomic mass is 35.5. The highest BCUT2D eigenvalue weighted by Gasteiger charge is 2.10. The van der Waals surface area contributed by atoms with Gasteiger partial charge < -0.3 is 14.8 Å². The lowest BCUT2D eigenvalue weighted by Crippen LogP contribution is -2.23. The second-order valence-electron chi connectivity index (χ2n) is 4.49. The Morgan fingerprint density at radius 1 is 1.05 bits per heavy atom. The molecule has 2 aromatic carbocycles. The van der Waals surface area contributed by atoms with E-state index in [1.54, 1.807) is 32.4 Å². The van der Waals surface area contributed by atoms with Gasteiger partial charge in [-0.15, -0.1) is 0 Å². The fraction of sp³-hybridized carbons (Fsp3) is 0.188. The summed E-state index contributed by atoms with van der Waals surface area (Å²) < 4.78 is 10.4. The van der Waals surface area contributed by atoms with Crippen molar-refractivity contribution in [3.05, 3.63) is 57.6 Å². The van der Waals surface area contributed by atoms with Crippen molar-refractivity contribution in [1.29, 1.82) is 0 Å². The van der Waals surface area contributed by atoms with Gasteiger partial charge in [-0.3, -0.25) is 4.79 Å². The lowest BCUT2D eigenvalue weighted by molar-refractivity contribution is 0.0950. The van der Waals surface area contributed by atoms with E-state index >= 15 is 0 Å². The van der Waals surface area contributed by atoms with E-state index in [0.29, 0.717) is 33.7 Å². The Labute approximate surface area is 138 Å².